The van der Waals surface area contributed by atoms with E-state index in [-0.39, 0.29) is 60.6 Å². The Bertz CT molecular complexity index is 1970. The summed E-state index contributed by atoms with van der Waals surface area (Å²) in [6.07, 6.45) is 1.79. The second-order valence-electron chi connectivity index (χ2n) is 13.5. The SMILES string of the molecule is CC(C)(C)OC(=O)N1CCC2(CC1)C[C@@H](n1cnc3ccc(Oc4c(F)ccc(NS(=O)(=O)NN5CC[C@@H](F)C5)c4C#N)cc3c1=O)CO2. The molecule has 6 rings (SSSR count). The van der Waals surface area contributed by atoms with Crippen molar-refractivity contribution in [3.05, 3.63) is 58.4 Å². The summed E-state index contributed by atoms with van der Waals surface area (Å²) in [4.78, 5) is 34.6. The number of alkyl halides is 1. The lowest BCUT2D eigenvalue weighted by atomic mass is 9.87. The highest BCUT2D eigenvalue weighted by Gasteiger charge is 2.45. The number of ether oxygens (including phenoxy) is 3. The number of anilines is 1. The van der Waals surface area contributed by atoms with Crippen LogP contribution in [0.4, 0.5) is 19.3 Å². The van der Waals surface area contributed by atoms with Gasteiger partial charge in [0.2, 0.25) is 0 Å². The standard InChI is InChI=1S/C32H37F2N7O7S/c1-31(2,3)48-30(43)39-12-9-32(10-13-39)15-21(18-46-32)41-19-36-26-6-4-22(14-23(26)29(41)42)47-28-24(16-35)27(7-5-25(28)34)37-49(44,45)38-40-11-8-20(33)17-40/h4-7,14,19-21,37-38H,8-13,15,17-18H2,1-3H3/t20-,21-/m1/s1. The lowest BCUT2D eigenvalue weighted by Crippen LogP contribution is -2.48. The number of hydrogen-bond acceptors (Lipinski definition) is 10. The van der Waals surface area contributed by atoms with Gasteiger partial charge in [0.1, 0.15) is 29.2 Å². The van der Waals surface area contributed by atoms with E-state index in [0.29, 0.717) is 37.9 Å². The predicted molar refractivity (Wildman–Crippen MR) is 173 cm³/mol. The molecule has 0 unspecified atom stereocenters. The maximum atomic E-state index is 15.0. The molecule has 3 aliphatic rings. The van der Waals surface area contributed by atoms with E-state index in [9.17, 15) is 27.7 Å². The molecule has 0 bridgehead atoms. The van der Waals surface area contributed by atoms with E-state index < -0.39 is 44.7 Å². The van der Waals surface area contributed by atoms with E-state index in [4.69, 9.17) is 14.2 Å². The van der Waals surface area contributed by atoms with Gasteiger partial charge >= 0.3 is 16.3 Å². The molecule has 2 N–H and O–H groups in total. The lowest BCUT2D eigenvalue weighted by molar-refractivity contribution is -0.0486. The van der Waals surface area contributed by atoms with Crippen molar-refractivity contribution in [1.82, 2.24) is 24.3 Å². The molecule has 3 saturated heterocycles. The lowest BCUT2D eigenvalue weighted by Gasteiger charge is -2.39. The number of piperidine rings is 1. The zero-order valence-electron chi connectivity index (χ0n) is 27.2. The molecular weight excluding hydrogens is 664 g/mol. The summed E-state index contributed by atoms with van der Waals surface area (Å²) in [6.45, 7) is 6.68. The Morgan fingerprint density at radius 1 is 1.18 bits per heavy atom. The first-order valence-electron chi connectivity index (χ1n) is 15.9. The van der Waals surface area contributed by atoms with Crippen molar-refractivity contribution in [1.29, 1.82) is 5.26 Å². The highest BCUT2D eigenvalue weighted by Crippen LogP contribution is 2.41. The maximum absolute atomic E-state index is 15.0. The minimum atomic E-state index is -4.30. The molecule has 2 aromatic carbocycles. The average Bonchev–Trinajstić information content (AvgIpc) is 3.63. The van der Waals surface area contributed by atoms with Gasteiger partial charge in [-0.3, -0.25) is 14.1 Å². The van der Waals surface area contributed by atoms with Crippen molar-refractivity contribution in [3.63, 3.8) is 0 Å². The number of nitrogens with one attached hydrogen (secondary N) is 2. The van der Waals surface area contributed by atoms with Gasteiger partial charge < -0.3 is 19.1 Å². The maximum Gasteiger partial charge on any atom is 0.410 e. The molecule has 14 nitrogen and oxygen atoms in total. The third-order valence-corrected chi connectivity index (χ3v) is 9.72. The summed E-state index contributed by atoms with van der Waals surface area (Å²) < 4.78 is 75.1. The molecule has 0 saturated carbocycles. The number of likely N-dealkylation sites (tertiary alicyclic amines) is 1. The number of aromatic nitrogens is 2. The second kappa shape index (κ2) is 13.2. The van der Waals surface area contributed by atoms with Crippen molar-refractivity contribution < 1.29 is 36.2 Å². The molecule has 3 aromatic rings. The number of carbonyl (C=O) groups excluding carboxylic acids is 1. The van der Waals surface area contributed by atoms with E-state index in [1.54, 1.807) is 11.0 Å². The Balaban J connectivity index is 1.19. The number of nitrogens with zero attached hydrogens (tertiary/aromatic N) is 5. The number of halogens is 2. The van der Waals surface area contributed by atoms with E-state index >= 15 is 4.39 Å². The van der Waals surface area contributed by atoms with Gasteiger partial charge in [0.15, 0.2) is 11.6 Å². The van der Waals surface area contributed by atoms with Crippen LogP contribution in [0, 0.1) is 17.1 Å². The number of hydrazine groups is 1. The Hall–Kier alpha value is -4.37. The Morgan fingerprint density at radius 3 is 2.61 bits per heavy atom. The summed E-state index contributed by atoms with van der Waals surface area (Å²) in [6, 6.07) is 7.81. The number of rotatable bonds is 7. The fourth-order valence-electron chi connectivity index (χ4n) is 6.32. The Kier molecular flexibility index (Phi) is 9.26. The largest absolute Gasteiger partial charge is 0.453 e. The van der Waals surface area contributed by atoms with Gasteiger partial charge in [-0.15, -0.1) is 4.83 Å². The van der Waals surface area contributed by atoms with E-state index in [0.717, 1.165) is 12.1 Å². The van der Waals surface area contributed by atoms with Crippen LogP contribution < -0.4 is 19.8 Å². The second-order valence-corrected chi connectivity index (χ2v) is 14.9. The smallest absolute Gasteiger partial charge is 0.410 e. The molecule has 3 fully saturated rings. The molecule has 262 valence electrons. The third kappa shape index (κ3) is 7.62. The summed E-state index contributed by atoms with van der Waals surface area (Å²) in [5.41, 5.74) is -1.82. The van der Waals surface area contributed by atoms with Crippen LogP contribution in [-0.2, 0) is 19.7 Å². The van der Waals surface area contributed by atoms with Crippen molar-refractivity contribution in [2.75, 3.05) is 37.5 Å². The molecule has 0 radical (unpaired) electrons. The zero-order valence-corrected chi connectivity index (χ0v) is 28.1. The van der Waals surface area contributed by atoms with Crippen LogP contribution in [0.1, 0.15) is 58.1 Å². The summed E-state index contributed by atoms with van der Waals surface area (Å²) in [7, 11) is -4.30. The van der Waals surface area contributed by atoms with Gasteiger partial charge in [-0.1, -0.05) is 0 Å². The monoisotopic (exact) mass is 701 g/mol. The fourth-order valence-corrected chi connectivity index (χ4v) is 7.33. The van der Waals surface area contributed by atoms with Crippen molar-refractivity contribution >= 4 is 32.9 Å². The summed E-state index contributed by atoms with van der Waals surface area (Å²) >= 11 is 0. The fraction of sp³-hybridized carbons (Fsp3) is 0.500. The van der Waals surface area contributed by atoms with Crippen LogP contribution >= 0.6 is 0 Å². The van der Waals surface area contributed by atoms with Gasteiger partial charge in [-0.2, -0.15) is 13.7 Å². The molecule has 1 spiro atoms. The van der Waals surface area contributed by atoms with Crippen LogP contribution in [0.2, 0.25) is 0 Å². The van der Waals surface area contributed by atoms with Crippen LogP contribution in [0.15, 0.2) is 41.5 Å². The molecule has 3 aliphatic heterocycles. The predicted octanol–water partition coefficient (Wildman–Crippen LogP) is 4.14. The first-order chi connectivity index (χ1) is 23.1. The van der Waals surface area contributed by atoms with E-state index in [1.165, 1.54) is 34.1 Å². The summed E-state index contributed by atoms with van der Waals surface area (Å²) in [5.74, 6) is -1.49. The van der Waals surface area contributed by atoms with Crippen LogP contribution in [0.3, 0.4) is 0 Å². The molecule has 17 heteroatoms. The number of amides is 1. The molecule has 49 heavy (non-hydrogen) atoms. The third-order valence-electron chi connectivity index (χ3n) is 8.73. The highest BCUT2D eigenvalue weighted by atomic mass is 32.2. The quantitative estimate of drug-likeness (QED) is 0.366. The minimum Gasteiger partial charge on any atom is -0.453 e. The molecule has 1 amide bonds. The van der Waals surface area contributed by atoms with Gasteiger partial charge in [0.05, 0.1) is 41.2 Å². The van der Waals surface area contributed by atoms with Crippen molar-refractivity contribution in [2.24, 2.45) is 0 Å². The molecule has 2 atom stereocenters. The number of nitriles is 1. The minimum absolute atomic E-state index is 0.0115. The number of benzene rings is 2. The van der Waals surface area contributed by atoms with Gasteiger partial charge in [0, 0.05) is 26.2 Å². The topological polar surface area (TPSA) is 168 Å². The van der Waals surface area contributed by atoms with Crippen LogP contribution in [0.25, 0.3) is 10.9 Å². The molecule has 0 aliphatic carbocycles. The molecule has 4 heterocycles. The Morgan fingerprint density at radius 2 is 1.94 bits per heavy atom. The number of carbonyl (C=O) groups is 1. The average molecular weight is 702 g/mol. The highest BCUT2D eigenvalue weighted by molar-refractivity contribution is 7.90. The normalized spacial score (nSPS) is 21.2. The molecular formula is C32H37F2N7O7S. The zero-order chi connectivity index (χ0) is 35.1. The van der Waals surface area contributed by atoms with Crippen LogP contribution in [0.5, 0.6) is 11.5 Å². The van der Waals surface area contributed by atoms with E-state index in [1.807, 2.05) is 20.8 Å². The van der Waals surface area contributed by atoms with Crippen molar-refractivity contribution in [3.8, 4) is 17.6 Å². The number of hydrogen-bond donors (Lipinski definition) is 2. The van der Waals surface area contributed by atoms with Gasteiger partial charge in [-0.25, -0.2) is 23.6 Å². The first-order valence-corrected chi connectivity index (χ1v) is 17.3. The van der Waals surface area contributed by atoms with Crippen molar-refractivity contribution in [2.45, 2.75) is 69.9 Å². The van der Waals surface area contributed by atoms with Gasteiger partial charge in [-0.05, 0) is 76.8 Å². The molecule has 1 aromatic heterocycles. The Labute approximate surface area is 281 Å². The summed E-state index contributed by atoms with van der Waals surface area (Å²) in [5, 5.41) is 11.2. The number of fused-ring (bicyclic) bond motifs is 1. The first kappa shape index (κ1) is 34.5. The van der Waals surface area contributed by atoms with E-state index in [2.05, 4.69) is 14.5 Å². The van der Waals surface area contributed by atoms with Crippen LogP contribution in [-0.4, -0.2) is 84.1 Å². The van der Waals surface area contributed by atoms with Gasteiger partial charge in [0.25, 0.3) is 5.56 Å².